The van der Waals surface area contributed by atoms with Gasteiger partial charge in [0.05, 0.1) is 6.42 Å². The molecule has 0 spiro atoms. The number of carboxylic acid groups (broad SMARTS) is 1. The Morgan fingerprint density at radius 2 is 2.00 bits per heavy atom. The number of aryl methyl sites for hydroxylation is 1. The van der Waals surface area contributed by atoms with Gasteiger partial charge in [-0.25, -0.2) is 0 Å². The van der Waals surface area contributed by atoms with E-state index in [9.17, 15) is 9.59 Å². The molecule has 0 bridgehead atoms. The van der Waals surface area contributed by atoms with Gasteiger partial charge in [-0.3, -0.25) is 9.59 Å². The smallest absolute Gasteiger partial charge is 0.305 e. The van der Waals surface area contributed by atoms with Crippen LogP contribution in [0.15, 0.2) is 40.8 Å². The molecule has 2 aromatic carbocycles. The summed E-state index contributed by atoms with van der Waals surface area (Å²) in [5.41, 5.74) is 1.53. The molecule has 1 fully saturated rings. The van der Waals surface area contributed by atoms with Crippen LogP contribution in [0.3, 0.4) is 0 Å². The SMILES string of the molecule is Cc1c(C(=O)N2CCCC2CC(=O)O)oc2c1ccc1ccccc12. The molecule has 3 aromatic rings. The number of rotatable bonds is 3. The van der Waals surface area contributed by atoms with Crippen LogP contribution in [0, 0.1) is 6.92 Å². The highest BCUT2D eigenvalue weighted by molar-refractivity contribution is 6.09. The van der Waals surface area contributed by atoms with Crippen LogP contribution >= 0.6 is 0 Å². The van der Waals surface area contributed by atoms with Gasteiger partial charge >= 0.3 is 5.97 Å². The number of carboxylic acids is 1. The van der Waals surface area contributed by atoms with Crippen LogP contribution < -0.4 is 0 Å². The molecular weight excluding hydrogens is 318 g/mol. The van der Waals surface area contributed by atoms with Crippen molar-refractivity contribution in [2.24, 2.45) is 0 Å². The Hall–Kier alpha value is -2.82. The molecule has 1 atom stereocenters. The third-order valence-corrected chi connectivity index (χ3v) is 5.07. The van der Waals surface area contributed by atoms with E-state index in [1.165, 1.54) is 0 Å². The fourth-order valence-corrected chi connectivity index (χ4v) is 3.80. The molecule has 0 aliphatic carbocycles. The number of fused-ring (bicyclic) bond motifs is 3. The number of carbonyl (C=O) groups is 2. The van der Waals surface area contributed by atoms with Crippen molar-refractivity contribution in [2.45, 2.75) is 32.2 Å². The summed E-state index contributed by atoms with van der Waals surface area (Å²) in [6.07, 6.45) is 1.53. The molecule has 1 aliphatic rings. The van der Waals surface area contributed by atoms with Crippen molar-refractivity contribution in [1.82, 2.24) is 4.90 Å². The number of hydrogen-bond donors (Lipinski definition) is 1. The molecule has 128 valence electrons. The zero-order valence-corrected chi connectivity index (χ0v) is 14.0. The Kier molecular flexibility index (Phi) is 3.71. The number of carbonyl (C=O) groups excluding carboxylic acids is 1. The van der Waals surface area contributed by atoms with E-state index >= 15 is 0 Å². The fraction of sp³-hybridized carbons (Fsp3) is 0.300. The maximum absolute atomic E-state index is 13.0. The lowest BCUT2D eigenvalue weighted by Gasteiger charge is -2.22. The van der Waals surface area contributed by atoms with Crippen LogP contribution in [0.25, 0.3) is 21.7 Å². The van der Waals surface area contributed by atoms with Crippen LogP contribution in [0.5, 0.6) is 0 Å². The highest BCUT2D eigenvalue weighted by Gasteiger charge is 2.33. The molecule has 1 N–H and O–H groups in total. The first kappa shape index (κ1) is 15.7. The van der Waals surface area contributed by atoms with Gasteiger partial charge in [-0.2, -0.15) is 0 Å². The van der Waals surface area contributed by atoms with E-state index in [2.05, 4.69) is 0 Å². The molecule has 5 nitrogen and oxygen atoms in total. The first-order chi connectivity index (χ1) is 12.1. The van der Waals surface area contributed by atoms with Crippen molar-refractivity contribution >= 4 is 33.6 Å². The summed E-state index contributed by atoms with van der Waals surface area (Å²) in [7, 11) is 0. The van der Waals surface area contributed by atoms with E-state index in [1.54, 1.807) is 4.90 Å². The van der Waals surface area contributed by atoms with Crippen molar-refractivity contribution in [3.63, 3.8) is 0 Å². The van der Waals surface area contributed by atoms with Gasteiger partial charge in [0.25, 0.3) is 5.91 Å². The summed E-state index contributed by atoms with van der Waals surface area (Å²) in [4.78, 5) is 25.7. The highest BCUT2D eigenvalue weighted by atomic mass is 16.4. The highest BCUT2D eigenvalue weighted by Crippen LogP contribution is 2.33. The first-order valence-electron chi connectivity index (χ1n) is 8.50. The Bertz CT molecular complexity index is 988. The maximum Gasteiger partial charge on any atom is 0.305 e. The lowest BCUT2D eigenvalue weighted by molar-refractivity contribution is -0.137. The van der Waals surface area contributed by atoms with Crippen molar-refractivity contribution in [1.29, 1.82) is 0 Å². The molecule has 5 heteroatoms. The second-order valence-electron chi connectivity index (χ2n) is 6.61. The average molecular weight is 337 g/mol. The molecule has 2 heterocycles. The predicted octanol–water partition coefficient (Wildman–Crippen LogP) is 3.97. The largest absolute Gasteiger partial charge is 0.481 e. The summed E-state index contributed by atoms with van der Waals surface area (Å²) in [6.45, 7) is 2.46. The Labute approximate surface area is 144 Å². The zero-order valence-electron chi connectivity index (χ0n) is 14.0. The summed E-state index contributed by atoms with van der Waals surface area (Å²) in [5, 5.41) is 12.0. The lowest BCUT2D eigenvalue weighted by atomic mass is 10.1. The molecule has 1 aromatic heterocycles. The van der Waals surface area contributed by atoms with Crippen LogP contribution in [-0.2, 0) is 4.79 Å². The van der Waals surface area contributed by atoms with E-state index < -0.39 is 5.97 Å². The van der Waals surface area contributed by atoms with Gasteiger partial charge in [0.1, 0.15) is 5.58 Å². The first-order valence-corrected chi connectivity index (χ1v) is 8.50. The Balaban J connectivity index is 1.78. The molecule has 4 rings (SSSR count). The second kappa shape index (κ2) is 5.92. The van der Waals surface area contributed by atoms with E-state index in [1.807, 2.05) is 43.3 Å². The molecule has 25 heavy (non-hydrogen) atoms. The third kappa shape index (κ3) is 2.56. The molecule has 0 radical (unpaired) electrons. The van der Waals surface area contributed by atoms with E-state index in [0.717, 1.165) is 34.6 Å². The van der Waals surface area contributed by atoms with Crippen molar-refractivity contribution in [3.05, 3.63) is 47.7 Å². The van der Waals surface area contributed by atoms with E-state index in [4.69, 9.17) is 9.52 Å². The summed E-state index contributed by atoms with van der Waals surface area (Å²) in [5.74, 6) is -0.762. The van der Waals surface area contributed by atoms with Crippen LogP contribution in [0.1, 0.15) is 35.4 Å². The predicted molar refractivity (Wildman–Crippen MR) is 94.8 cm³/mol. The average Bonchev–Trinajstić information content (AvgIpc) is 3.18. The summed E-state index contributed by atoms with van der Waals surface area (Å²) in [6, 6.07) is 11.7. The quantitative estimate of drug-likeness (QED) is 0.785. The number of furan rings is 1. The Morgan fingerprint density at radius 3 is 2.80 bits per heavy atom. The molecule has 1 unspecified atom stereocenters. The fourth-order valence-electron chi connectivity index (χ4n) is 3.80. The van der Waals surface area contributed by atoms with Gasteiger partial charge < -0.3 is 14.4 Å². The minimum Gasteiger partial charge on any atom is -0.481 e. The number of hydrogen-bond acceptors (Lipinski definition) is 3. The van der Waals surface area contributed by atoms with Gasteiger partial charge in [-0.05, 0) is 25.2 Å². The molecule has 1 amide bonds. The van der Waals surface area contributed by atoms with E-state index in [-0.39, 0.29) is 18.4 Å². The van der Waals surface area contributed by atoms with Crippen LogP contribution in [0.4, 0.5) is 0 Å². The molecular formula is C20H19NO4. The van der Waals surface area contributed by atoms with Gasteiger partial charge in [0, 0.05) is 28.9 Å². The molecule has 1 aliphatic heterocycles. The van der Waals surface area contributed by atoms with Gasteiger partial charge in [-0.1, -0.05) is 36.4 Å². The Morgan fingerprint density at radius 1 is 1.20 bits per heavy atom. The topological polar surface area (TPSA) is 70.8 Å². The van der Waals surface area contributed by atoms with Crippen molar-refractivity contribution in [2.75, 3.05) is 6.54 Å². The number of amides is 1. The minimum absolute atomic E-state index is 0.0199. The van der Waals surface area contributed by atoms with Crippen molar-refractivity contribution < 1.29 is 19.1 Å². The number of likely N-dealkylation sites (tertiary alicyclic amines) is 1. The standard InChI is InChI=1S/C20H19NO4/c1-12-15-9-8-13-5-2-3-7-16(13)19(15)25-18(12)20(24)21-10-4-6-14(21)11-17(22)23/h2-3,5,7-9,14H,4,6,10-11H2,1H3,(H,22,23). The normalized spacial score (nSPS) is 17.5. The number of aliphatic carboxylic acids is 1. The van der Waals surface area contributed by atoms with Gasteiger partial charge in [0.15, 0.2) is 5.76 Å². The molecule has 1 saturated heterocycles. The minimum atomic E-state index is -0.878. The monoisotopic (exact) mass is 337 g/mol. The molecule has 0 saturated carbocycles. The third-order valence-electron chi connectivity index (χ3n) is 5.07. The maximum atomic E-state index is 13.0. The van der Waals surface area contributed by atoms with Crippen molar-refractivity contribution in [3.8, 4) is 0 Å². The number of benzene rings is 2. The van der Waals surface area contributed by atoms with E-state index in [0.29, 0.717) is 17.9 Å². The lowest BCUT2D eigenvalue weighted by Crippen LogP contribution is -2.36. The summed E-state index contributed by atoms with van der Waals surface area (Å²) < 4.78 is 6.00. The van der Waals surface area contributed by atoms with Crippen LogP contribution in [0.2, 0.25) is 0 Å². The second-order valence-corrected chi connectivity index (χ2v) is 6.61. The zero-order chi connectivity index (χ0) is 17.6. The summed E-state index contributed by atoms with van der Waals surface area (Å²) >= 11 is 0. The van der Waals surface area contributed by atoms with Crippen LogP contribution in [-0.4, -0.2) is 34.5 Å². The van der Waals surface area contributed by atoms with Gasteiger partial charge in [-0.15, -0.1) is 0 Å². The van der Waals surface area contributed by atoms with Gasteiger partial charge in [0.2, 0.25) is 0 Å². The number of nitrogens with zero attached hydrogens (tertiary/aromatic N) is 1.